The van der Waals surface area contributed by atoms with Gasteiger partial charge in [-0.15, -0.1) is 0 Å². The van der Waals surface area contributed by atoms with Crippen molar-refractivity contribution in [2.24, 2.45) is 23.5 Å². The number of hydrogen-bond donors (Lipinski definition) is 2. The predicted octanol–water partition coefficient (Wildman–Crippen LogP) is 0.760. The molecule has 3 N–H and O–H groups in total. The van der Waals surface area contributed by atoms with Crippen molar-refractivity contribution in [3.8, 4) is 0 Å². The average molecular weight is 374 g/mol. The van der Waals surface area contributed by atoms with Gasteiger partial charge in [-0.2, -0.15) is 5.10 Å². The minimum atomic E-state index is -0.0441. The third kappa shape index (κ3) is 3.42. The Kier molecular flexibility index (Phi) is 4.84. The number of carbonyl (C=O) groups excluding carboxylic acids is 2. The molecule has 4 rings (SSSR count). The van der Waals surface area contributed by atoms with Crippen molar-refractivity contribution in [1.29, 1.82) is 0 Å². The van der Waals surface area contributed by atoms with Crippen molar-refractivity contribution in [1.82, 2.24) is 24.9 Å². The van der Waals surface area contributed by atoms with Gasteiger partial charge in [0.05, 0.1) is 30.4 Å². The standard InChI is InChI=1S/C19H30N6O2/c1-23(2)19(27)24-6-3-7-25-15(11-24)9-14(22-25)10-21-18(26)16-12-4-5-13(8-12)17(16)20/h9,12-13,16-17H,3-8,10-11,20H2,1-2H3,(H,21,26). The van der Waals surface area contributed by atoms with Gasteiger partial charge >= 0.3 is 6.03 Å². The van der Waals surface area contributed by atoms with E-state index in [4.69, 9.17) is 5.73 Å². The first-order valence-corrected chi connectivity index (χ1v) is 9.99. The van der Waals surface area contributed by atoms with E-state index in [0.29, 0.717) is 24.9 Å². The lowest BCUT2D eigenvalue weighted by molar-refractivity contribution is -0.127. The van der Waals surface area contributed by atoms with E-state index in [1.807, 2.05) is 15.6 Å². The zero-order valence-electron chi connectivity index (χ0n) is 16.2. The summed E-state index contributed by atoms with van der Waals surface area (Å²) in [6.07, 6.45) is 4.28. The Labute approximate surface area is 160 Å². The summed E-state index contributed by atoms with van der Waals surface area (Å²) in [5.74, 6) is 1.00. The van der Waals surface area contributed by atoms with E-state index in [2.05, 4.69) is 10.4 Å². The van der Waals surface area contributed by atoms with Gasteiger partial charge in [0.2, 0.25) is 5.91 Å². The minimum absolute atomic E-state index is 0.00747. The van der Waals surface area contributed by atoms with Crippen molar-refractivity contribution in [2.75, 3.05) is 20.6 Å². The molecule has 1 aliphatic heterocycles. The molecule has 2 fully saturated rings. The lowest BCUT2D eigenvalue weighted by Crippen LogP contribution is -2.45. The molecule has 3 aliphatic rings. The zero-order valence-corrected chi connectivity index (χ0v) is 16.2. The number of nitrogens with zero attached hydrogens (tertiary/aromatic N) is 4. The summed E-state index contributed by atoms with van der Waals surface area (Å²) in [6, 6.07) is 2.03. The fourth-order valence-corrected chi connectivity index (χ4v) is 5.07. The van der Waals surface area contributed by atoms with Crippen molar-refractivity contribution in [3.63, 3.8) is 0 Å². The molecule has 4 unspecified atom stereocenters. The van der Waals surface area contributed by atoms with Crippen LogP contribution in [0.3, 0.4) is 0 Å². The van der Waals surface area contributed by atoms with Crippen LogP contribution in [0.5, 0.6) is 0 Å². The van der Waals surface area contributed by atoms with Gasteiger partial charge in [0.15, 0.2) is 0 Å². The van der Waals surface area contributed by atoms with Crippen LogP contribution in [0.15, 0.2) is 6.07 Å². The monoisotopic (exact) mass is 374 g/mol. The quantitative estimate of drug-likeness (QED) is 0.816. The molecule has 1 aromatic rings. The fourth-order valence-electron chi connectivity index (χ4n) is 5.07. The van der Waals surface area contributed by atoms with Gasteiger partial charge in [-0.25, -0.2) is 4.79 Å². The number of carbonyl (C=O) groups is 2. The second kappa shape index (κ2) is 7.14. The van der Waals surface area contributed by atoms with Gasteiger partial charge < -0.3 is 20.9 Å². The second-order valence-corrected chi connectivity index (χ2v) is 8.46. The summed E-state index contributed by atoms with van der Waals surface area (Å²) < 4.78 is 1.97. The van der Waals surface area contributed by atoms with Gasteiger partial charge in [-0.3, -0.25) is 9.48 Å². The number of aryl methyl sites for hydroxylation is 1. The van der Waals surface area contributed by atoms with Crippen LogP contribution in [-0.2, 0) is 24.4 Å². The van der Waals surface area contributed by atoms with E-state index in [9.17, 15) is 9.59 Å². The van der Waals surface area contributed by atoms with Gasteiger partial charge in [0.25, 0.3) is 0 Å². The second-order valence-electron chi connectivity index (χ2n) is 8.46. The van der Waals surface area contributed by atoms with Gasteiger partial charge in [0, 0.05) is 33.2 Å². The van der Waals surface area contributed by atoms with E-state index in [1.165, 1.54) is 6.42 Å². The minimum Gasteiger partial charge on any atom is -0.350 e. The summed E-state index contributed by atoms with van der Waals surface area (Å²) in [7, 11) is 3.54. The molecule has 2 heterocycles. The highest BCUT2D eigenvalue weighted by molar-refractivity contribution is 5.80. The molecule has 0 radical (unpaired) electrons. The number of nitrogens with one attached hydrogen (secondary N) is 1. The Hall–Kier alpha value is -2.09. The summed E-state index contributed by atoms with van der Waals surface area (Å²) in [5, 5.41) is 7.68. The van der Waals surface area contributed by atoms with E-state index in [1.54, 1.807) is 19.0 Å². The molecule has 8 nitrogen and oxygen atoms in total. The molecule has 1 aromatic heterocycles. The third-order valence-corrected chi connectivity index (χ3v) is 6.44. The molecule has 148 valence electrons. The van der Waals surface area contributed by atoms with Crippen LogP contribution in [0.1, 0.15) is 37.1 Å². The van der Waals surface area contributed by atoms with Gasteiger partial charge in [0.1, 0.15) is 0 Å². The number of hydrogen-bond acceptors (Lipinski definition) is 4. The number of nitrogens with two attached hydrogens (primary N) is 1. The summed E-state index contributed by atoms with van der Waals surface area (Å²) in [6.45, 7) is 2.49. The van der Waals surface area contributed by atoms with Crippen LogP contribution in [0, 0.1) is 17.8 Å². The molecule has 0 aromatic carbocycles. The summed E-state index contributed by atoms with van der Waals surface area (Å²) in [5.41, 5.74) is 8.14. The topological polar surface area (TPSA) is 96.5 Å². The SMILES string of the molecule is CN(C)C(=O)N1CCCn2nc(CNC(=O)C3C4CCC(C4)C3N)cc2C1. The summed E-state index contributed by atoms with van der Waals surface area (Å²) >= 11 is 0. The average Bonchev–Trinajstić information content (AvgIpc) is 3.30. The van der Waals surface area contributed by atoms with Crippen LogP contribution >= 0.6 is 0 Å². The molecule has 8 heteroatoms. The van der Waals surface area contributed by atoms with E-state index < -0.39 is 0 Å². The lowest BCUT2D eigenvalue weighted by Gasteiger charge is -2.26. The first kappa shape index (κ1) is 18.3. The van der Waals surface area contributed by atoms with Crippen LogP contribution < -0.4 is 11.1 Å². The highest BCUT2D eigenvalue weighted by Gasteiger charge is 2.48. The molecule has 3 amide bonds. The molecule has 0 saturated heterocycles. The predicted molar refractivity (Wildman–Crippen MR) is 100 cm³/mol. The molecular weight excluding hydrogens is 344 g/mol. The maximum atomic E-state index is 12.6. The number of urea groups is 1. The number of amides is 3. The number of rotatable bonds is 3. The number of aromatic nitrogens is 2. The van der Waals surface area contributed by atoms with Crippen molar-refractivity contribution in [2.45, 2.75) is 51.4 Å². The van der Waals surface area contributed by atoms with Crippen molar-refractivity contribution < 1.29 is 9.59 Å². The van der Waals surface area contributed by atoms with Gasteiger partial charge in [-0.05, 0) is 43.6 Å². The smallest absolute Gasteiger partial charge is 0.319 e. The Balaban J connectivity index is 1.38. The van der Waals surface area contributed by atoms with Crippen LogP contribution in [0.25, 0.3) is 0 Å². The largest absolute Gasteiger partial charge is 0.350 e. The molecule has 2 saturated carbocycles. The van der Waals surface area contributed by atoms with Gasteiger partial charge in [-0.1, -0.05) is 0 Å². The zero-order chi connectivity index (χ0) is 19.1. The van der Waals surface area contributed by atoms with Crippen LogP contribution in [0.4, 0.5) is 4.79 Å². The Morgan fingerprint density at radius 2 is 2.07 bits per heavy atom. The Morgan fingerprint density at radius 1 is 1.30 bits per heavy atom. The summed E-state index contributed by atoms with van der Waals surface area (Å²) in [4.78, 5) is 28.4. The van der Waals surface area contributed by atoms with Crippen molar-refractivity contribution in [3.05, 3.63) is 17.5 Å². The molecular formula is C19H30N6O2. The maximum Gasteiger partial charge on any atom is 0.319 e. The lowest BCUT2D eigenvalue weighted by atomic mass is 9.84. The molecule has 4 atom stereocenters. The maximum absolute atomic E-state index is 12.6. The third-order valence-electron chi connectivity index (χ3n) is 6.44. The van der Waals surface area contributed by atoms with Crippen molar-refractivity contribution >= 4 is 11.9 Å². The molecule has 0 spiro atoms. The Bertz CT molecular complexity index is 728. The van der Waals surface area contributed by atoms with Crippen LogP contribution in [0.2, 0.25) is 0 Å². The first-order chi connectivity index (χ1) is 12.9. The highest BCUT2D eigenvalue weighted by atomic mass is 16.2. The first-order valence-electron chi connectivity index (χ1n) is 9.99. The molecule has 2 aliphatic carbocycles. The normalized spacial score (nSPS) is 29.4. The fraction of sp³-hybridized carbons (Fsp3) is 0.737. The van der Waals surface area contributed by atoms with E-state index in [-0.39, 0.29) is 23.9 Å². The highest BCUT2D eigenvalue weighted by Crippen LogP contribution is 2.47. The number of fused-ring (bicyclic) bond motifs is 3. The van der Waals surface area contributed by atoms with Crippen LogP contribution in [-0.4, -0.2) is 58.2 Å². The Morgan fingerprint density at radius 3 is 2.78 bits per heavy atom. The molecule has 2 bridgehead atoms. The van der Waals surface area contributed by atoms with E-state index in [0.717, 1.165) is 43.7 Å². The molecule has 27 heavy (non-hydrogen) atoms. The van der Waals surface area contributed by atoms with E-state index >= 15 is 0 Å².